The van der Waals surface area contributed by atoms with Gasteiger partial charge in [0.1, 0.15) is 23.7 Å². The van der Waals surface area contributed by atoms with Crippen molar-refractivity contribution in [3.63, 3.8) is 0 Å². The van der Waals surface area contributed by atoms with Crippen molar-refractivity contribution in [3.05, 3.63) is 53.1 Å². The highest BCUT2D eigenvalue weighted by molar-refractivity contribution is 5.75. The van der Waals surface area contributed by atoms with Gasteiger partial charge in [-0.15, -0.1) is 0 Å². The van der Waals surface area contributed by atoms with Crippen LogP contribution in [0.1, 0.15) is 68.5 Å². The molecule has 0 bridgehead atoms. The van der Waals surface area contributed by atoms with Crippen LogP contribution in [0.4, 0.5) is 4.39 Å². The Kier molecular flexibility index (Phi) is 8.26. The number of rotatable bonds is 9. The lowest BCUT2D eigenvalue weighted by Gasteiger charge is -2.31. The molecule has 1 aliphatic carbocycles. The van der Waals surface area contributed by atoms with E-state index in [9.17, 15) is 19.4 Å². The van der Waals surface area contributed by atoms with E-state index >= 15 is 0 Å². The molecule has 1 saturated carbocycles. The van der Waals surface area contributed by atoms with Gasteiger partial charge in [-0.05, 0) is 62.8 Å². The van der Waals surface area contributed by atoms with E-state index in [0.717, 1.165) is 36.8 Å². The van der Waals surface area contributed by atoms with Gasteiger partial charge in [-0.2, -0.15) is 0 Å². The van der Waals surface area contributed by atoms with Crippen molar-refractivity contribution in [2.24, 2.45) is 5.92 Å². The first-order valence-electron chi connectivity index (χ1n) is 11.4. The average Bonchev–Trinajstić information content (AvgIpc) is 3.29. The van der Waals surface area contributed by atoms with Gasteiger partial charge in [0.05, 0.1) is 7.11 Å². The molecule has 1 unspecified atom stereocenters. The average molecular weight is 461 g/mol. The number of pyridine rings is 1. The number of methoxy groups -OCH3 is 1. The number of carbonyl (C=O) groups is 1. The summed E-state index contributed by atoms with van der Waals surface area (Å²) < 4.78 is 24.5. The molecule has 1 aromatic heterocycles. The van der Waals surface area contributed by atoms with Gasteiger partial charge >= 0.3 is 5.97 Å². The minimum Gasteiger partial charge on any atom is -0.503 e. The number of aromatic nitrogens is 1. The number of nitrogens with zero attached hydrogens (tertiary/aromatic N) is 1. The smallest absolute Gasteiger partial charge is 0.323 e. The van der Waals surface area contributed by atoms with Gasteiger partial charge in [-0.1, -0.05) is 18.9 Å². The molecule has 1 fully saturated rings. The lowest BCUT2D eigenvalue weighted by molar-refractivity contribution is -0.153. The normalized spacial score (nSPS) is 17.9. The first kappa shape index (κ1) is 24.9. The first-order chi connectivity index (χ1) is 15.7. The number of ether oxygens (including phenoxy) is 2. The third-order valence-electron chi connectivity index (χ3n) is 6.46. The van der Waals surface area contributed by atoms with Crippen LogP contribution < -0.4 is 10.1 Å². The molecule has 1 heterocycles. The van der Waals surface area contributed by atoms with Gasteiger partial charge in [0, 0.05) is 18.2 Å². The Bertz CT molecular complexity index is 964. The van der Waals surface area contributed by atoms with Gasteiger partial charge < -0.3 is 19.7 Å². The number of halogens is 1. The van der Waals surface area contributed by atoms with Crippen molar-refractivity contribution in [1.82, 2.24) is 10.3 Å². The van der Waals surface area contributed by atoms with Gasteiger partial charge in [0.15, 0.2) is 17.7 Å². The Labute approximate surface area is 194 Å². The largest absolute Gasteiger partial charge is 0.503 e. The van der Waals surface area contributed by atoms with Crippen molar-refractivity contribution >= 4 is 5.97 Å². The van der Waals surface area contributed by atoms with Crippen LogP contribution in [0.2, 0.25) is 0 Å². The fourth-order valence-corrected chi connectivity index (χ4v) is 4.78. The molecule has 0 spiro atoms. The summed E-state index contributed by atoms with van der Waals surface area (Å²) in [6, 6.07) is 5.35. The van der Waals surface area contributed by atoms with Crippen LogP contribution >= 0.6 is 0 Å². The van der Waals surface area contributed by atoms with Gasteiger partial charge in [-0.3, -0.25) is 15.1 Å². The van der Waals surface area contributed by atoms with E-state index in [2.05, 4.69) is 10.3 Å². The van der Waals surface area contributed by atoms with Crippen molar-refractivity contribution in [3.8, 4) is 11.5 Å². The van der Waals surface area contributed by atoms with Crippen LogP contribution in [0.25, 0.3) is 0 Å². The van der Waals surface area contributed by atoms with Crippen LogP contribution in [-0.4, -0.2) is 40.4 Å². The maximum Gasteiger partial charge on any atom is 0.323 e. The molecule has 8 heteroatoms. The second kappa shape index (κ2) is 10.9. The maximum atomic E-state index is 13.7. The van der Waals surface area contributed by atoms with E-state index in [1.54, 1.807) is 13.0 Å². The molecule has 7 nitrogen and oxygen atoms in total. The molecule has 0 aliphatic heterocycles. The topological polar surface area (TPSA) is 101 Å². The van der Waals surface area contributed by atoms with Crippen LogP contribution in [0.3, 0.4) is 0 Å². The third-order valence-corrected chi connectivity index (χ3v) is 6.46. The first-order valence-corrected chi connectivity index (χ1v) is 11.4. The van der Waals surface area contributed by atoms with E-state index in [1.165, 1.54) is 31.5 Å². The number of hydrogen-bond acceptors (Lipinski definition) is 7. The quantitative estimate of drug-likeness (QED) is 0.382. The fraction of sp³-hybridized carbons (Fsp3) is 0.520. The highest BCUT2D eigenvalue weighted by atomic mass is 19.1. The zero-order valence-electron chi connectivity index (χ0n) is 19.5. The monoisotopic (exact) mass is 460 g/mol. The SMILES string of the molecule is COc1ccnc(C(O)N[C@@H](C)C(=O)O[C@H](C)[C@H](c2ccc(F)cc2C)C2CCCC2)c1O. The van der Waals surface area contributed by atoms with E-state index < -0.39 is 24.3 Å². The Hall–Kier alpha value is -2.71. The maximum absolute atomic E-state index is 13.7. The summed E-state index contributed by atoms with van der Waals surface area (Å²) >= 11 is 0. The number of benzene rings is 1. The highest BCUT2D eigenvalue weighted by Gasteiger charge is 2.34. The second-order valence-corrected chi connectivity index (χ2v) is 8.75. The molecule has 1 aromatic carbocycles. The molecule has 180 valence electrons. The molecular weight excluding hydrogens is 427 g/mol. The van der Waals surface area contributed by atoms with E-state index in [-0.39, 0.29) is 28.9 Å². The Balaban J connectivity index is 1.71. The standard InChI is InChI=1S/C25H33FN2O5/c1-14-13-18(26)9-10-19(14)21(17-7-5-6-8-17)16(3)33-25(31)15(2)28-24(30)22-23(29)20(32-4)11-12-27-22/h9-13,15-17,21,24,28-30H,5-8H2,1-4H3/t15-,16+,21-,24?/m0/s1. The van der Waals surface area contributed by atoms with E-state index in [0.29, 0.717) is 5.92 Å². The van der Waals surface area contributed by atoms with E-state index in [4.69, 9.17) is 9.47 Å². The Morgan fingerprint density at radius 3 is 2.58 bits per heavy atom. The molecule has 4 atom stereocenters. The summed E-state index contributed by atoms with van der Waals surface area (Å²) in [5.41, 5.74) is 1.79. The fourth-order valence-electron chi connectivity index (χ4n) is 4.78. The van der Waals surface area contributed by atoms with Crippen LogP contribution in [0, 0.1) is 18.7 Å². The highest BCUT2D eigenvalue weighted by Crippen LogP contribution is 2.41. The van der Waals surface area contributed by atoms with Crippen molar-refractivity contribution in [2.75, 3.05) is 7.11 Å². The molecular formula is C25H33FN2O5. The van der Waals surface area contributed by atoms with Crippen molar-refractivity contribution in [1.29, 1.82) is 0 Å². The minimum absolute atomic E-state index is 0.0433. The number of hydrogen-bond donors (Lipinski definition) is 3. The molecule has 0 saturated heterocycles. The number of carbonyl (C=O) groups excluding carboxylic acids is 1. The molecule has 1 aliphatic rings. The predicted molar refractivity (Wildman–Crippen MR) is 121 cm³/mol. The molecule has 3 N–H and O–H groups in total. The number of esters is 1. The van der Waals surface area contributed by atoms with Crippen LogP contribution in [0.5, 0.6) is 11.5 Å². The zero-order chi connectivity index (χ0) is 24.1. The summed E-state index contributed by atoms with van der Waals surface area (Å²) in [7, 11) is 1.39. The second-order valence-electron chi connectivity index (χ2n) is 8.75. The van der Waals surface area contributed by atoms with Gasteiger partial charge in [0.25, 0.3) is 0 Å². The molecule has 33 heavy (non-hydrogen) atoms. The lowest BCUT2D eigenvalue weighted by atomic mass is 9.79. The molecule has 0 radical (unpaired) electrons. The van der Waals surface area contributed by atoms with Gasteiger partial charge in [-0.25, -0.2) is 4.39 Å². The van der Waals surface area contributed by atoms with Crippen molar-refractivity contribution in [2.45, 2.75) is 70.7 Å². The summed E-state index contributed by atoms with van der Waals surface area (Å²) in [6.07, 6.45) is 3.89. The lowest BCUT2D eigenvalue weighted by Crippen LogP contribution is -2.40. The zero-order valence-corrected chi connectivity index (χ0v) is 19.5. The number of aliphatic hydroxyl groups excluding tert-OH is 1. The number of aliphatic hydroxyl groups is 1. The summed E-state index contributed by atoms with van der Waals surface area (Å²) in [5.74, 6) is -0.651. The summed E-state index contributed by atoms with van der Waals surface area (Å²) in [5, 5.41) is 23.4. The number of aryl methyl sites for hydroxylation is 1. The van der Waals surface area contributed by atoms with Crippen LogP contribution in [0.15, 0.2) is 30.5 Å². The Morgan fingerprint density at radius 2 is 1.94 bits per heavy atom. The number of aromatic hydroxyl groups is 1. The summed E-state index contributed by atoms with van der Waals surface area (Å²) in [6.45, 7) is 5.31. The molecule has 2 aromatic rings. The van der Waals surface area contributed by atoms with Crippen LogP contribution in [-0.2, 0) is 9.53 Å². The number of nitrogens with one attached hydrogen (secondary N) is 1. The third kappa shape index (κ3) is 5.81. The molecule has 3 rings (SSSR count). The van der Waals surface area contributed by atoms with Gasteiger partial charge in [0.2, 0.25) is 0 Å². The Morgan fingerprint density at radius 1 is 1.24 bits per heavy atom. The minimum atomic E-state index is -1.40. The predicted octanol–water partition coefficient (Wildman–Crippen LogP) is 4.12. The van der Waals surface area contributed by atoms with E-state index in [1.807, 2.05) is 13.8 Å². The molecule has 0 amide bonds. The summed E-state index contributed by atoms with van der Waals surface area (Å²) in [4.78, 5) is 16.8. The van der Waals surface area contributed by atoms with Crippen molar-refractivity contribution < 1.29 is 28.9 Å².